The topological polar surface area (TPSA) is 68.3 Å². The number of ether oxygens (including phenoxy) is 1. The molecule has 6 heteroatoms. The Bertz CT molecular complexity index is 378. The molecule has 0 aliphatic carbocycles. The van der Waals surface area contributed by atoms with Gasteiger partial charge in [0.25, 0.3) is 5.78 Å². The van der Waals surface area contributed by atoms with Crippen molar-refractivity contribution in [3.05, 3.63) is 28.5 Å². The minimum atomic E-state index is -0.837. The lowest BCUT2D eigenvalue weighted by Crippen LogP contribution is -2.29. The predicted octanol–water partition coefficient (Wildman–Crippen LogP) is 0.676. The van der Waals surface area contributed by atoms with Gasteiger partial charge in [0.05, 0.1) is 19.3 Å². The molecule has 0 radical (unpaired) electrons. The van der Waals surface area contributed by atoms with Gasteiger partial charge in [-0.1, -0.05) is 0 Å². The molecule has 0 aliphatic heterocycles. The van der Waals surface area contributed by atoms with E-state index < -0.39 is 11.8 Å². The molecule has 1 rings (SSSR count). The molecule has 1 aromatic heterocycles. The maximum Gasteiger partial charge on any atom is 0.375 e. The molecule has 86 valence electrons. The number of methoxy groups -OCH3 is 1. The summed E-state index contributed by atoms with van der Waals surface area (Å²) in [5, 5.41) is 2.81. The van der Waals surface area contributed by atoms with Crippen molar-refractivity contribution >= 4 is 27.7 Å². The van der Waals surface area contributed by atoms with Gasteiger partial charge in [0.2, 0.25) is 0 Å². The van der Waals surface area contributed by atoms with Gasteiger partial charge in [-0.2, -0.15) is 0 Å². The molecule has 0 unspecified atom stereocenters. The summed E-state index contributed by atoms with van der Waals surface area (Å²) in [5.74, 6) is -1.43. The molecule has 1 heterocycles. The van der Waals surface area contributed by atoms with Crippen LogP contribution in [0, 0.1) is 0 Å². The molecule has 1 aromatic rings. The Balaban J connectivity index is 2.33. The van der Waals surface area contributed by atoms with Crippen molar-refractivity contribution < 1.29 is 14.3 Å². The van der Waals surface area contributed by atoms with E-state index in [1.54, 1.807) is 6.20 Å². The number of halogens is 1. The third-order valence-corrected chi connectivity index (χ3v) is 2.26. The summed E-state index contributed by atoms with van der Waals surface area (Å²) in [7, 11) is 1.18. The summed E-state index contributed by atoms with van der Waals surface area (Å²) in [5.41, 5.74) is 0.792. The Morgan fingerprint density at radius 3 is 2.81 bits per heavy atom. The summed E-state index contributed by atoms with van der Waals surface area (Å²) in [6.07, 6.45) is 1.67. The average Bonchev–Trinajstić information content (AvgIpc) is 2.30. The van der Waals surface area contributed by atoms with Crippen LogP contribution in [0.3, 0.4) is 0 Å². The largest absolute Gasteiger partial charge is 0.463 e. The number of hydrogen-bond donors (Lipinski definition) is 1. The summed E-state index contributed by atoms with van der Waals surface area (Å²) in [4.78, 5) is 25.9. The lowest BCUT2D eigenvalue weighted by Gasteiger charge is -2.02. The van der Waals surface area contributed by atoms with Crippen LogP contribution in [0.15, 0.2) is 22.8 Å². The minimum Gasteiger partial charge on any atom is -0.463 e. The zero-order valence-electron chi connectivity index (χ0n) is 8.70. The van der Waals surface area contributed by atoms with Gasteiger partial charge >= 0.3 is 5.97 Å². The number of aromatic nitrogens is 1. The molecule has 0 saturated heterocycles. The van der Waals surface area contributed by atoms with E-state index in [4.69, 9.17) is 0 Å². The molecule has 0 fully saturated rings. The van der Waals surface area contributed by atoms with E-state index in [9.17, 15) is 9.59 Å². The molecule has 0 saturated carbocycles. The second-order valence-corrected chi connectivity index (χ2v) is 3.90. The van der Waals surface area contributed by atoms with E-state index in [0.717, 1.165) is 10.2 Å². The highest BCUT2D eigenvalue weighted by molar-refractivity contribution is 9.10. The van der Waals surface area contributed by atoms with E-state index in [2.05, 4.69) is 31.0 Å². The number of pyridine rings is 1. The highest BCUT2D eigenvalue weighted by Crippen LogP contribution is 2.06. The maximum atomic E-state index is 11.1. The lowest BCUT2D eigenvalue weighted by atomic mass is 10.3. The number of rotatable bonds is 5. The summed E-state index contributed by atoms with van der Waals surface area (Å²) >= 11 is 3.27. The van der Waals surface area contributed by atoms with Crippen LogP contribution in [0.5, 0.6) is 0 Å². The first-order valence-electron chi connectivity index (χ1n) is 4.55. The van der Waals surface area contributed by atoms with Crippen LogP contribution < -0.4 is 5.32 Å². The summed E-state index contributed by atoms with van der Waals surface area (Å²) in [6, 6.07) is 3.67. The molecule has 1 N–H and O–H groups in total. The van der Waals surface area contributed by atoms with Gasteiger partial charge in [-0.05, 0) is 28.1 Å². The highest BCUT2D eigenvalue weighted by Gasteiger charge is 2.12. The van der Waals surface area contributed by atoms with Crippen LogP contribution in [0.2, 0.25) is 0 Å². The van der Waals surface area contributed by atoms with E-state index in [1.165, 1.54) is 7.11 Å². The Hall–Kier alpha value is -1.27. The Kier molecular flexibility index (Phi) is 5.07. The Labute approximate surface area is 101 Å². The number of carbonyl (C=O) groups excluding carboxylic acids is 2. The molecular weight excluding hydrogens is 276 g/mol. The number of hydrogen-bond acceptors (Lipinski definition) is 5. The monoisotopic (exact) mass is 286 g/mol. The van der Waals surface area contributed by atoms with Gasteiger partial charge < -0.3 is 10.1 Å². The van der Waals surface area contributed by atoms with Gasteiger partial charge in [0.15, 0.2) is 0 Å². The SMILES string of the molecule is COC(=O)C(=O)CNCc1ccc(Br)cn1. The lowest BCUT2D eigenvalue weighted by molar-refractivity contribution is -0.151. The van der Waals surface area contributed by atoms with Crippen molar-refractivity contribution in [3.63, 3.8) is 0 Å². The van der Waals surface area contributed by atoms with Gasteiger partial charge in [-0.15, -0.1) is 0 Å². The average molecular weight is 287 g/mol. The van der Waals surface area contributed by atoms with Crippen LogP contribution in [0.4, 0.5) is 0 Å². The fourth-order valence-corrected chi connectivity index (χ4v) is 1.24. The van der Waals surface area contributed by atoms with E-state index in [-0.39, 0.29) is 6.54 Å². The number of nitrogens with zero attached hydrogens (tertiary/aromatic N) is 1. The molecule has 5 nitrogen and oxygen atoms in total. The molecule has 0 aliphatic rings. The number of Topliss-reactive ketones (excluding diaryl/α,β-unsaturated/α-hetero) is 1. The Morgan fingerprint density at radius 2 is 2.25 bits per heavy atom. The number of ketones is 1. The van der Waals surface area contributed by atoms with Gasteiger partial charge in [-0.25, -0.2) is 4.79 Å². The van der Waals surface area contributed by atoms with E-state index >= 15 is 0 Å². The third kappa shape index (κ3) is 4.08. The van der Waals surface area contributed by atoms with Gasteiger partial charge in [0.1, 0.15) is 0 Å². The standard InChI is InChI=1S/C10H11BrN2O3/c1-16-10(15)9(14)6-12-5-8-3-2-7(11)4-13-8/h2-4,12H,5-6H2,1H3. The number of esters is 1. The smallest absolute Gasteiger partial charge is 0.375 e. The molecule has 0 atom stereocenters. The van der Waals surface area contributed by atoms with Crippen LogP contribution in [0.1, 0.15) is 5.69 Å². The quantitative estimate of drug-likeness (QED) is 0.637. The first-order valence-corrected chi connectivity index (χ1v) is 5.35. The Morgan fingerprint density at radius 1 is 1.50 bits per heavy atom. The third-order valence-electron chi connectivity index (χ3n) is 1.79. The fourth-order valence-electron chi connectivity index (χ4n) is 1.00. The van der Waals surface area contributed by atoms with Crippen LogP contribution >= 0.6 is 15.9 Å². The van der Waals surface area contributed by atoms with Gasteiger partial charge in [-0.3, -0.25) is 9.78 Å². The van der Waals surface area contributed by atoms with E-state index in [0.29, 0.717) is 6.54 Å². The molecule has 0 amide bonds. The van der Waals surface area contributed by atoms with Crippen LogP contribution in [-0.2, 0) is 20.9 Å². The van der Waals surface area contributed by atoms with Crippen molar-refractivity contribution in [2.75, 3.05) is 13.7 Å². The normalized spacial score (nSPS) is 9.88. The second-order valence-electron chi connectivity index (χ2n) is 2.99. The summed E-state index contributed by atoms with van der Waals surface area (Å²) in [6.45, 7) is 0.375. The highest BCUT2D eigenvalue weighted by atomic mass is 79.9. The van der Waals surface area contributed by atoms with Crippen molar-refractivity contribution in [3.8, 4) is 0 Å². The number of carbonyl (C=O) groups is 2. The predicted molar refractivity (Wildman–Crippen MR) is 60.7 cm³/mol. The molecule has 0 aromatic carbocycles. The fraction of sp³-hybridized carbons (Fsp3) is 0.300. The molecule has 0 spiro atoms. The van der Waals surface area contributed by atoms with Crippen LogP contribution in [-0.4, -0.2) is 30.4 Å². The van der Waals surface area contributed by atoms with E-state index in [1.807, 2.05) is 12.1 Å². The van der Waals surface area contributed by atoms with Crippen molar-refractivity contribution in [1.29, 1.82) is 0 Å². The van der Waals surface area contributed by atoms with Crippen molar-refractivity contribution in [2.45, 2.75) is 6.54 Å². The maximum absolute atomic E-state index is 11.1. The van der Waals surface area contributed by atoms with Gasteiger partial charge in [0, 0.05) is 17.2 Å². The first-order chi connectivity index (χ1) is 7.63. The zero-order chi connectivity index (χ0) is 12.0. The zero-order valence-corrected chi connectivity index (χ0v) is 10.3. The van der Waals surface area contributed by atoms with Crippen LogP contribution in [0.25, 0.3) is 0 Å². The minimum absolute atomic E-state index is 0.0512. The molecule has 16 heavy (non-hydrogen) atoms. The molecule has 0 bridgehead atoms. The van der Waals surface area contributed by atoms with Crippen molar-refractivity contribution in [1.82, 2.24) is 10.3 Å². The van der Waals surface area contributed by atoms with Crippen molar-refractivity contribution in [2.24, 2.45) is 0 Å². The molecular formula is C10H11BrN2O3. The second kappa shape index (κ2) is 6.34. The summed E-state index contributed by atoms with van der Waals surface area (Å²) < 4.78 is 5.17. The first kappa shape index (κ1) is 12.8. The number of nitrogens with one attached hydrogen (secondary N) is 1.